The van der Waals surface area contributed by atoms with Crippen LogP contribution < -0.4 is 5.73 Å². The van der Waals surface area contributed by atoms with Crippen LogP contribution in [0.25, 0.3) is 5.65 Å². The molecule has 0 saturated heterocycles. The van der Waals surface area contributed by atoms with Gasteiger partial charge >= 0.3 is 5.97 Å². The fourth-order valence-corrected chi connectivity index (χ4v) is 1.29. The van der Waals surface area contributed by atoms with Gasteiger partial charge in [0.05, 0.1) is 7.11 Å². The van der Waals surface area contributed by atoms with E-state index in [1.807, 2.05) is 0 Å². The minimum atomic E-state index is -0.781. The van der Waals surface area contributed by atoms with E-state index in [0.717, 1.165) is 0 Å². The molecule has 15 heavy (non-hydrogen) atoms. The number of carbonyl (C=O) groups excluding carboxylic acids is 1. The second-order valence-electron chi connectivity index (χ2n) is 3.02. The number of pyridine rings is 1. The lowest BCUT2D eigenvalue weighted by Gasteiger charge is -2.08. The average Bonchev–Trinajstić information content (AvgIpc) is 2.73. The number of nitrogens with zero attached hydrogens (tertiary/aromatic N) is 3. The van der Waals surface area contributed by atoms with Crippen molar-refractivity contribution < 1.29 is 9.53 Å². The van der Waals surface area contributed by atoms with Gasteiger partial charge < -0.3 is 10.5 Å². The minimum absolute atomic E-state index is 0.473. The summed E-state index contributed by atoms with van der Waals surface area (Å²) in [4.78, 5) is 15.2. The van der Waals surface area contributed by atoms with Crippen LogP contribution >= 0.6 is 0 Å². The molecule has 0 aliphatic heterocycles. The predicted octanol–water partition coefficient (Wildman–Crippen LogP) is -0.0979. The Bertz CT molecular complexity index is 494. The van der Waals surface area contributed by atoms with Crippen LogP contribution in [0.3, 0.4) is 0 Å². The zero-order valence-corrected chi connectivity index (χ0v) is 8.12. The highest BCUT2D eigenvalue weighted by molar-refractivity contribution is 5.77. The minimum Gasteiger partial charge on any atom is -0.468 e. The maximum absolute atomic E-state index is 11.2. The van der Waals surface area contributed by atoms with Gasteiger partial charge in [-0.05, 0) is 17.7 Å². The van der Waals surface area contributed by atoms with Crippen LogP contribution in [0.15, 0.2) is 24.7 Å². The molecule has 2 N–H and O–H groups in total. The van der Waals surface area contributed by atoms with Crippen molar-refractivity contribution in [2.24, 2.45) is 5.73 Å². The largest absolute Gasteiger partial charge is 0.468 e. The Kier molecular flexibility index (Phi) is 2.34. The molecule has 6 nitrogen and oxygen atoms in total. The van der Waals surface area contributed by atoms with Crippen molar-refractivity contribution in [1.82, 2.24) is 14.6 Å². The Morgan fingerprint density at radius 1 is 1.67 bits per heavy atom. The normalized spacial score (nSPS) is 12.7. The van der Waals surface area contributed by atoms with E-state index < -0.39 is 12.0 Å². The van der Waals surface area contributed by atoms with Gasteiger partial charge in [-0.1, -0.05) is 0 Å². The third kappa shape index (κ3) is 1.66. The standard InChI is InChI=1S/C9H10N4O2/c1-15-9(14)8(10)6-2-3-13-7(4-6)11-5-12-13/h2-5,8H,10H2,1H3. The Hall–Kier alpha value is -1.95. The number of hydrogen-bond donors (Lipinski definition) is 1. The second kappa shape index (κ2) is 3.66. The summed E-state index contributed by atoms with van der Waals surface area (Å²) in [5.74, 6) is -0.473. The molecule has 0 aliphatic carbocycles. The Morgan fingerprint density at radius 2 is 2.47 bits per heavy atom. The van der Waals surface area contributed by atoms with Gasteiger partial charge in [-0.15, -0.1) is 0 Å². The molecule has 2 aromatic heterocycles. The lowest BCUT2D eigenvalue weighted by molar-refractivity contribution is -0.142. The molecule has 78 valence electrons. The van der Waals surface area contributed by atoms with Gasteiger partial charge in [-0.25, -0.2) is 9.50 Å². The highest BCUT2D eigenvalue weighted by Gasteiger charge is 2.16. The average molecular weight is 206 g/mol. The van der Waals surface area contributed by atoms with Crippen molar-refractivity contribution in [1.29, 1.82) is 0 Å². The van der Waals surface area contributed by atoms with E-state index in [2.05, 4.69) is 14.8 Å². The Labute approximate surface area is 85.7 Å². The number of ether oxygens (including phenoxy) is 1. The van der Waals surface area contributed by atoms with E-state index in [9.17, 15) is 4.79 Å². The third-order valence-electron chi connectivity index (χ3n) is 2.12. The fourth-order valence-electron chi connectivity index (χ4n) is 1.29. The van der Waals surface area contributed by atoms with Crippen LogP contribution in [-0.2, 0) is 9.53 Å². The van der Waals surface area contributed by atoms with Crippen molar-refractivity contribution in [3.05, 3.63) is 30.2 Å². The van der Waals surface area contributed by atoms with Crippen molar-refractivity contribution in [2.75, 3.05) is 7.11 Å². The van der Waals surface area contributed by atoms with Crippen LogP contribution in [0.2, 0.25) is 0 Å². The number of aromatic nitrogens is 3. The number of carbonyl (C=O) groups is 1. The Balaban J connectivity index is 2.39. The molecule has 0 saturated carbocycles. The molecule has 0 bridgehead atoms. The van der Waals surface area contributed by atoms with Crippen molar-refractivity contribution >= 4 is 11.6 Å². The van der Waals surface area contributed by atoms with E-state index in [0.29, 0.717) is 11.2 Å². The van der Waals surface area contributed by atoms with Crippen LogP contribution in [0, 0.1) is 0 Å². The van der Waals surface area contributed by atoms with Gasteiger partial charge in [0.2, 0.25) is 0 Å². The van der Waals surface area contributed by atoms with Gasteiger partial charge in [-0.2, -0.15) is 5.10 Å². The summed E-state index contributed by atoms with van der Waals surface area (Å²) < 4.78 is 6.14. The first-order valence-corrected chi connectivity index (χ1v) is 4.35. The maximum atomic E-state index is 11.2. The van der Waals surface area contributed by atoms with E-state index in [4.69, 9.17) is 5.73 Å². The highest BCUT2D eigenvalue weighted by atomic mass is 16.5. The molecule has 0 spiro atoms. The molecule has 2 aromatic rings. The van der Waals surface area contributed by atoms with Crippen molar-refractivity contribution in [3.8, 4) is 0 Å². The number of nitrogens with two attached hydrogens (primary N) is 1. The molecule has 0 fully saturated rings. The van der Waals surface area contributed by atoms with Gasteiger partial charge in [-0.3, -0.25) is 4.79 Å². The summed E-state index contributed by atoms with van der Waals surface area (Å²) in [6.07, 6.45) is 3.13. The van der Waals surface area contributed by atoms with E-state index in [1.165, 1.54) is 13.4 Å². The summed E-state index contributed by atoms with van der Waals surface area (Å²) in [7, 11) is 1.30. The summed E-state index contributed by atoms with van der Waals surface area (Å²) in [6.45, 7) is 0. The van der Waals surface area contributed by atoms with E-state index in [-0.39, 0.29) is 0 Å². The van der Waals surface area contributed by atoms with E-state index >= 15 is 0 Å². The monoisotopic (exact) mass is 206 g/mol. The first-order valence-electron chi connectivity index (χ1n) is 4.35. The zero-order chi connectivity index (χ0) is 10.8. The first-order chi connectivity index (χ1) is 7.22. The van der Waals surface area contributed by atoms with Crippen molar-refractivity contribution in [2.45, 2.75) is 6.04 Å². The SMILES string of the molecule is COC(=O)C(N)c1ccn2ncnc2c1. The second-order valence-corrected chi connectivity index (χ2v) is 3.02. The van der Waals surface area contributed by atoms with Gasteiger partial charge in [0.1, 0.15) is 12.4 Å². The summed E-state index contributed by atoms with van der Waals surface area (Å²) in [5.41, 5.74) is 6.98. The van der Waals surface area contributed by atoms with Gasteiger partial charge in [0, 0.05) is 6.20 Å². The van der Waals surface area contributed by atoms with Crippen LogP contribution in [0.1, 0.15) is 11.6 Å². The van der Waals surface area contributed by atoms with E-state index in [1.54, 1.807) is 22.8 Å². The lowest BCUT2D eigenvalue weighted by atomic mass is 10.1. The quantitative estimate of drug-likeness (QED) is 0.694. The Morgan fingerprint density at radius 3 is 3.20 bits per heavy atom. The molecule has 0 radical (unpaired) electrons. The molecule has 2 rings (SSSR count). The maximum Gasteiger partial charge on any atom is 0.327 e. The van der Waals surface area contributed by atoms with Crippen LogP contribution in [0.4, 0.5) is 0 Å². The summed E-state index contributed by atoms with van der Waals surface area (Å²) in [5, 5.41) is 3.93. The number of rotatable bonds is 2. The lowest BCUT2D eigenvalue weighted by Crippen LogP contribution is -2.22. The molecule has 6 heteroatoms. The molecule has 0 aromatic carbocycles. The molecule has 0 aliphatic rings. The molecule has 1 atom stereocenters. The van der Waals surface area contributed by atoms with Gasteiger partial charge in [0.25, 0.3) is 0 Å². The van der Waals surface area contributed by atoms with Crippen molar-refractivity contribution in [3.63, 3.8) is 0 Å². The number of fused-ring (bicyclic) bond motifs is 1. The molecular formula is C9H10N4O2. The predicted molar refractivity (Wildman–Crippen MR) is 51.9 cm³/mol. The summed E-state index contributed by atoms with van der Waals surface area (Å²) in [6, 6.07) is 2.63. The van der Waals surface area contributed by atoms with Crippen LogP contribution in [0.5, 0.6) is 0 Å². The molecule has 1 unspecified atom stereocenters. The first kappa shape index (κ1) is 9.60. The highest BCUT2D eigenvalue weighted by Crippen LogP contribution is 2.12. The topological polar surface area (TPSA) is 82.5 Å². The third-order valence-corrected chi connectivity index (χ3v) is 2.12. The summed E-state index contributed by atoms with van der Waals surface area (Å²) >= 11 is 0. The zero-order valence-electron chi connectivity index (χ0n) is 8.12. The smallest absolute Gasteiger partial charge is 0.327 e. The fraction of sp³-hybridized carbons (Fsp3) is 0.222. The molecule has 2 heterocycles. The number of hydrogen-bond acceptors (Lipinski definition) is 5. The van der Waals surface area contributed by atoms with Crippen LogP contribution in [-0.4, -0.2) is 27.7 Å². The number of esters is 1. The molecule has 0 amide bonds. The number of methoxy groups -OCH3 is 1. The molecular weight excluding hydrogens is 196 g/mol. The van der Waals surface area contributed by atoms with Gasteiger partial charge in [0.15, 0.2) is 5.65 Å².